The fourth-order valence-corrected chi connectivity index (χ4v) is 3.84. The fourth-order valence-electron chi connectivity index (χ4n) is 3.84. The number of benzene rings is 2. The van der Waals surface area contributed by atoms with E-state index in [2.05, 4.69) is 10.1 Å². The van der Waals surface area contributed by atoms with Gasteiger partial charge in [-0.25, -0.2) is 9.99 Å². The molecule has 0 saturated heterocycles. The first-order valence-electron chi connectivity index (χ1n) is 10.2. The van der Waals surface area contributed by atoms with Crippen LogP contribution in [0.4, 0.5) is 0 Å². The van der Waals surface area contributed by atoms with Crippen molar-refractivity contribution in [2.24, 2.45) is 5.10 Å². The van der Waals surface area contributed by atoms with E-state index >= 15 is 0 Å². The molecule has 0 unspecified atom stereocenters. The van der Waals surface area contributed by atoms with Gasteiger partial charge in [-0.2, -0.15) is 5.10 Å². The predicted octanol–water partition coefficient (Wildman–Crippen LogP) is 3.38. The Bertz CT molecular complexity index is 1360. The lowest BCUT2D eigenvalue weighted by molar-refractivity contribution is -0.134. The summed E-state index contributed by atoms with van der Waals surface area (Å²) in [5.41, 5.74) is 1.97. The summed E-state index contributed by atoms with van der Waals surface area (Å²) >= 11 is 0. The summed E-state index contributed by atoms with van der Waals surface area (Å²) in [5.74, 6) is 1.05. The van der Waals surface area contributed by atoms with Gasteiger partial charge < -0.3 is 9.15 Å². The molecule has 2 aromatic heterocycles. The molecule has 0 fully saturated rings. The number of hydrogen-bond acceptors (Lipinski definition) is 6. The average Bonchev–Trinajstić information content (AvgIpc) is 3.51. The van der Waals surface area contributed by atoms with Gasteiger partial charge in [0, 0.05) is 6.42 Å². The molecular formula is C24H20N4O4. The van der Waals surface area contributed by atoms with Crippen LogP contribution in [0.3, 0.4) is 0 Å². The highest BCUT2D eigenvalue weighted by Crippen LogP contribution is 2.33. The van der Waals surface area contributed by atoms with Crippen LogP contribution in [-0.2, 0) is 11.3 Å². The molecular weight excluding hydrogens is 408 g/mol. The Morgan fingerprint density at radius 2 is 1.94 bits per heavy atom. The molecule has 0 saturated carbocycles. The van der Waals surface area contributed by atoms with Crippen molar-refractivity contribution in [1.82, 2.24) is 14.6 Å². The number of amides is 1. The summed E-state index contributed by atoms with van der Waals surface area (Å²) in [6.45, 7) is -0.173. The van der Waals surface area contributed by atoms with Crippen LogP contribution in [0.15, 0.2) is 87.6 Å². The first-order chi connectivity index (χ1) is 15.6. The highest BCUT2D eigenvalue weighted by molar-refractivity contribution is 6.03. The lowest BCUT2D eigenvalue weighted by Gasteiger charge is -2.20. The molecule has 32 heavy (non-hydrogen) atoms. The Morgan fingerprint density at radius 1 is 1.12 bits per heavy atom. The number of carbonyl (C=O) groups is 1. The molecule has 4 aromatic rings. The van der Waals surface area contributed by atoms with E-state index in [4.69, 9.17) is 9.15 Å². The van der Waals surface area contributed by atoms with E-state index in [1.807, 2.05) is 36.4 Å². The number of para-hydroxylation sites is 1. The Balaban J connectivity index is 1.47. The van der Waals surface area contributed by atoms with Crippen LogP contribution in [0.1, 0.15) is 23.8 Å². The van der Waals surface area contributed by atoms with Crippen molar-refractivity contribution in [3.63, 3.8) is 0 Å². The molecule has 0 radical (unpaired) electrons. The van der Waals surface area contributed by atoms with Crippen molar-refractivity contribution in [2.75, 3.05) is 7.11 Å². The van der Waals surface area contributed by atoms with Crippen LogP contribution in [0, 0.1) is 0 Å². The minimum absolute atomic E-state index is 0.173. The van der Waals surface area contributed by atoms with Crippen LogP contribution >= 0.6 is 0 Å². The lowest BCUT2D eigenvalue weighted by Crippen LogP contribution is -2.34. The number of hydrogen-bond donors (Lipinski definition) is 0. The van der Waals surface area contributed by atoms with Crippen LogP contribution < -0.4 is 10.3 Å². The van der Waals surface area contributed by atoms with Crippen molar-refractivity contribution < 1.29 is 13.9 Å². The van der Waals surface area contributed by atoms with Crippen molar-refractivity contribution in [3.8, 4) is 5.75 Å². The normalized spacial score (nSPS) is 15.7. The molecule has 8 heteroatoms. The van der Waals surface area contributed by atoms with Crippen LogP contribution in [0.2, 0.25) is 0 Å². The van der Waals surface area contributed by atoms with E-state index in [9.17, 15) is 9.59 Å². The smallest absolute Gasteiger partial charge is 0.263 e. The van der Waals surface area contributed by atoms with E-state index in [0.717, 1.165) is 17.0 Å². The SMILES string of the molecule is COc1ccc(C2=NN(C(=O)Cn3cnc4ccccc4c3=O)[C@H](c3ccco3)C2)cc1. The summed E-state index contributed by atoms with van der Waals surface area (Å²) in [7, 11) is 1.61. The minimum Gasteiger partial charge on any atom is -0.497 e. The van der Waals surface area contributed by atoms with E-state index < -0.39 is 6.04 Å². The van der Waals surface area contributed by atoms with Gasteiger partial charge in [0.2, 0.25) is 0 Å². The average molecular weight is 428 g/mol. The highest BCUT2D eigenvalue weighted by atomic mass is 16.5. The van der Waals surface area contributed by atoms with Gasteiger partial charge in [-0.15, -0.1) is 0 Å². The second kappa shape index (κ2) is 8.14. The largest absolute Gasteiger partial charge is 0.497 e. The lowest BCUT2D eigenvalue weighted by atomic mass is 10.0. The zero-order valence-electron chi connectivity index (χ0n) is 17.3. The maximum atomic E-state index is 13.3. The Hall–Kier alpha value is -4.20. The number of fused-ring (bicyclic) bond motifs is 1. The predicted molar refractivity (Wildman–Crippen MR) is 118 cm³/mol. The molecule has 160 valence electrons. The van der Waals surface area contributed by atoms with Gasteiger partial charge in [0.05, 0.1) is 36.3 Å². The maximum Gasteiger partial charge on any atom is 0.263 e. The standard InChI is InChI=1S/C24H20N4O4/c1-31-17-10-8-16(9-11-17)20-13-21(22-7-4-12-32-22)28(26-20)23(29)14-27-15-25-19-6-3-2-5-18(19)24(27)30/h2-12,15,21H,13-14H2,1H3/t21-/m0/s1. The van der Waals surface area contributed by atoms with Gasteiger partial charge >= 0.3 is 0 Å². The highest BCUT2D eigenvalue weighted by Gasteiger charge is 2.35. The molecule has 0 N–H and O–H groups in total. The zero-order valence-corrected chi connectivity index (χ0v) is 17.3. The zero-order chi connectivity index (χ0) is 22.1. The molecule has 1 atom stereocenters. The molecule has 1 amide bonds. The summed E-state index contributed by atoms with van der Waals surface area (Å²) in [6.07, 6.45) is 3.46. The molecule has 1 aliphatic rings. The number of rotatable bonds is 5. The third kappa shape index (κ3) is 3.56. The van der Waals surface area contributed by atoms with Crippen molar-refractivity contribution in [3.05, 3.63) is 94.9 Å². The third-order valence-corrected chi connectivity index (χ3v) is 5.50. The van der Waals surface area contributed by atoms with Crippen molar-refractivity contribution in [1.29, 1.82) is 0 Å². The van der Waals surface area contributed by atoms with Gasteiger partial charge in [-0.1, -0.05) is 12.1 Å². The summed E-state index contributed by atoms with van der Waals surface area (Å²) in [6, 6.07) is 17.8. The second-order valence-corrected chi connectivity index (χ2v) is 7.44. The number of ether oxygens (including phenoxy) is 1. The molecule has 8 nitrogen and oxygen atoms in total. The first-order valence-corrected chi connectivity index (χ1v) is 10.2. The Labute approximate surface area is 183 Å². The number of aromatic nitrogens is 2. The van der Waals surface area contributed by atoms with Crippen LogP contribution in [-0.4, -0.2) is 33.3 Å². The van der Waals surface area contributed by atoms with Gasteiger partial charge in [-0.3, -0.25) is 14.2 Å². The monoisotopic (exact) mass is 428 g/mol. The molecule has 2 aromatic carbocycles. The fraction of sp³-hybridized carbons (Fsp3) is 0.167. The Kier molecular flexibility index (Phi) is 5.03. The maximum absolute atomic E-state index is 13.3. The molecule has 0 spiro atoms. The topological polar surface area (TPSA) is 89.9 Å². The third-order valence-electron chi connectivity index (χ3n) is 5.50. The quantitative estimate of drug-likeness (QED) is 0.486. The van der Waals surface area contributed by atoms with Crippen LogP contribution in [0.5, 0.6) is 5.75 Å². The number of furan rings is 1. The van der Waals surface area contributed by atoms with Gasteiger partial charge in [0.25, 0.3) is 11.5 Å². The van der Waals surface area contributed by atoms with E-state index in [1.54, 1.807) is 37.6 Å². The van der Waals surface area contributed by atoms with Crippen LogP contribution in [0.25, 0.3) is 10.9 Å². The second-order valence-electron chi connectivity index (χ2n) is 7.44. The first kappa shape index (κ1) is 19.7. The van der Waals surface area contributed by atoms with Gasteiger partial charge in [0.1, 0.15) is 24.1 Å². The van der Waals surface area contributed by atoms with Gasteiger partial charge in [-0.05, 0) is 54.1 Å². The van der Waals surface area contributed by atoms with Crippen molar-refractivity contribution >= 4 is 22.5 Å². The van der Waals surface area contributed by atoms with E-state index in [0.29, 0.717) is 23.1 Å². The van der Waals surface area contributed by atoms with E-state index in [-0.39, 0.29) is 18.0 Å². The van der Waals surface area contributed by atoms with Gasteiger partial charge in [0.15, 0.2) is 0 Å². The summed E-state index contributed by atoms with van der Waals surface area (Å²) in [4.78, 5) is 30.4. The summed E-state index contributed by atoms with van der Waals surface area (Å²) < 4.78 is 12.1. The number of nitrogens with zero attached hydrogens (tertiary/aromatic N) is 4. The molecule has 3 heterocycles. The number of methoxy groups -OCH3 is 1. The van der Waals surface area contributed by atoms with Crippen molar-refractivity contribution in [2.45, 2.75) is 19.0 Å². The molecule has 5 rings (SSSR count). The minimum atomic E-state index is -0.390. The summed E-state index contributed by atoms with van der Waals surface area (Å²) in [5, 5.41) is 6.47. The van der Waals surface area contributed by atoms with E-state index in [1.165, 1.54) is 15.9 Å². The molecule has 0 bridgehead atoms. The molecule has 1 aliphatic heterocycles. The number of hydrazone groups is 1. The Morgan fingerprint density at radius 3 is 2.69 bits per heavy atom. The molecule has 0 aliphatic carbocycles. The number of carbonyl (C=O) groups excluding carboxylic acids is 1.